The van der Waals surface area contributed by atoms with Crippen LogP contribution >= 0.6 is 0 Å². The molecule has 2 N–H and O–H groups in total. The van der Waals surface area contributed by atoms with Gasteiger partial charge in [-0.3, -0.25) is 0 Å². The highest BCUT2D eigenvalue weighted by atomic mass is 15.1. The fourth-order valence-electron chi connectivity index (χ4n) is 2.84. The third-order valence-corrected chi connectivity index (χ3v) is 4.10. The van der Waals surface area contributed by atoms with Crippen molar-refractivity contribution in [2.45, 2.75) is 51.5 Å². The molecule has 1 heterocycles. The number of hydrogen-bond acceptors (Lipinski definition) is 2. The zero-order valence-electron chi connectivity index (χ0n) is 10.1. The van der Waals surface area contributed by atoms with Crippen molar-refractivity contribution < 1.29 is 0 Å². The van der Waals surface area contributed by atoms with Gasteiger partial charge in [0.05, 0.1) is 0 Å². The third-order valence-electron chi connectivity index (χ3n) is 4.10. The molecule has 2 rings (SSSR count). The van der Waals surface area contributed by atoms with Crippen LogP contribution in [0, 0.1) is 11.8 Å². The van der Waals surface area contributed by atoms with E-state index in [0.29, 0.717) is 6.04 Å². The summed E-state index contributed by atoms with van der Waals surface area (Å²) in [7, 11) is 0. The van der Waals surface area contributed by atoms with Crippen LogP contribution in [0.4, 0.5) is 0 Å². The topological polar surface area (TPSA) is 29.3 Å². The molecular formula is C13H26N2. The SMILES string of the molecule is CCCC1CCN(CC(N)C2CC2)CC1. The smallest absolute Gasteiger partial charge is 0.0196 e. The summed E-state index contributed by atoms with van der Waals surface area (Å²) in [6, 6.07) is 0.465. The second-order valence-corrected chi connectivity index (χ2v) is 5.53. The predicted molar refractivity (Wildman–Crippen MR) is 64.8 cm³/mol. The van der Waals surface area contributed by atoms with Crippen LogP contribution in [0.1, 0.15) is 45.4 Å². The molecule has 1 unspecified atom stereocenters. The summed E-state index contributed by atoms with van der Waals surface area (Å²) in [6.45, 7) is 6.05. The van der Waals surface area contributed by atoms with Gasteiger partial charge < -0.3 is 10.6 Å². The molecule has 2 heteroatoms. The number of nitrogens with two attached hydrogens (primary N) is 1. The van der Waals surface area contributed by atoms with Gasteiger partial charge in [0.25, 0.3) is 0 Å². The molecular weight excluding hydrogens is 184 g/mol. The summed E-state index contributed by atoms with van der Waals surface area (Å²) >= 11 is 0. The molecule has 2 aliphatic rings. The summed E-state index contributed by atoms with van der Waals surface area (Å²) in [5.41, 5.74) is 6.16. The zero-order chi connectivity index (χ0) is 10.7. The molecule has 0 aromatic carbocycles. The Morgan fingerprint density at radius 2 is 1.87 bits per heavy atom. The standard InChI is InChI=1S/C13H26N2/c1-2-3-11-6-8-15(9-7-11)10-13(14)12-4-5-12/h11-13H,2-10,14H2,1H3. The molecule has 2 fully saturated rings. The quantitative estimate of drug-likeness (QED) is 0.754. The second-order valence-electron chi connectivity index (χ2n) is 5.53. The Labute approximate surface area is 94.2 Å². The van der Waals surface area contributed by atoms with Gasteiger partial charge in [-0.1, -0.05) is 19.8 Å². The molecule has 1 atom stereocenters. The molecule has 88 valence electrons. The van der Waals surface area contributed by atoms with E-state index in [1.54, 1.807) is 0 Å². The van der Waals surface area contributed by atoms with E-state index in [4.69, 9.17) is 5.73 Å². The van der Waals surface area contributed by atoms with Crippen molar-refractivity contribution in [1.82, 2.24) is 4.90 Å². The summed E-state index contributed by atoms with van der Waals surface area (Å²) in [4.78, 5) is 2.59. The van der Waals surface area contributed by atoms with Gasteiger partial charge in [0.1, 0.15) is 0 Å². The number of piperidine rings is 1. The molecule has 15 heavy (non-hydrogen) atoms. The van der Waals surface area contributed by atoms with E-state index in [2.05, 4.69) is 11.8 Å². The summed E-state index contributed by atoms with van der Waals surface area (Å²) in [6.07, 6.45) is 8.37. The lowest BCUT2D eigenvalue weighted by molar-refractivity contribution is 0.166. The number of likely N-dealkylation sites (tertiary alicyclic amines) is 1. The molecule has 0 amide bonds. The molecule has 1 saturated heterocycles. The second kappa shape index (κ2) is 5.31. The largest absolute Gasteiger partial charge is 0.326 e. The van der Waals surface area contributed by atoms with E-state index in [9.17, 15) is 0 Å². The first-order chi connectivity index (χ1) is 7.29. The van der Waals surface area contributed by atoms with Crippen LogP contribution in [-0.2, 0) is 0 Å². The Hall–Kier alpha value is -0.0800. The number of hydrogen-bond donors (Lipinski definition) is 1. The molecule has 0 spiro atoms. The van der Waals surface area contributed by atoms with E-state index >= 15 is 0 Å². The Balaban J connectivity index is 1.64. The minimum absolute atomic E-state index is 0.465. The summed E-state index contributed by atoms with van der Waals surface area (Å²) in [5.74, 6) is 1.86. The average molecular weight is 210 g/mol. The first-order valence-electron chi connectivity index (χ1n) is 6.77. The predicted octanol–water partition coefficient (Wildman–Crippen LogP) is 2.24. The number of rotatable bonds is 5. The van der Waals surface area contributed by atoms with Gasteiger partial charge in [-0.25, -0.2) is 0 Å². The monoisotopic (exact) mass is 210 g/mol. The molecule has 1 aliphatic heterocycles. The maximum atomic E-state index is 6.16. The average Bonchev–Trinajstić information content (AvgIpc) is 3.04. The van der Waals surface area contributed by atoms with E-state index in [1.165, 1.54) is 51.6 Å². The zero-order valence-corrected chi connectivity index (χ0v) is 10.1. The van der Waals surface area contributed by atoms with Crippen LogP contribution in [-0.4, -0.2) is 30.6 Å². The highest BCUT2D eigenvalue weighted by Gasteiger charge is 2.30. The Bertz CT molecular complexity index is 181. The maximum absolute atomic E-state index is 6.16. The van der Waals surface area contributed by atoms with Gasteiger partial charge in [-0.2, -0.15) is 0 Å². The van der Waals surface area contributed by atoms with Gasteiger partial charge in [-0.05, 0) is 50.6 Å². The molecule has 0 aromatic heterocycles. The van der Waals surface area contributed by atoms with Crippen molar-refractivity contribution in [3.05, 3.63) is 0 Å². The van der Waals surface area contributed by atoms with E-state index in [-0.39, 0.29) is 0 Å². The normalized spacial score (nSPS) is 26.8. The van der Waals surface area contributed by atoms with Gasteiger partial charge in [0, 0.05) is 12.6 Å². The lowest BCUT2D eigenvalue weighted by Gasteiger charge is -2.33. The van der Waals surface area contributed by atoms with E-state index in [1.807, 2.05) is 0 Å². The van der Waals surface area contributed by atoms with Gasteiger partial charge in [0.15, 0.2) is 0 Å². The van der Waals surface area contributed by atoms with Crippen molar-refractivity contribution in [3.63, 3.8) is 0 Å². The Kier molecular flexibility index (Phi) is 4.04. The maximum Gasteiger partial charge on any atom is 0.0196 e. The molecule has 2 nitrogen and oxygen atoms in total. The van der Waals surface area contributed by atoms with Crippen LogP contribution in [0.15, 0.2) is 0 Å². The van der Waals surface area contributed by atoms with Gasteiger partial charge in [-0.15, -0.1) is 0 Å². The van der Waals surface area contributed by atoms with Crippen molar-refractivity contribution >= 4 is 0 Å². The fraction of sp³-hybridized carbons (Fsp3) is 1.00. The highest BCUT2D eigenvalue weighted by Crippen LogP contribution is 2.32. The lowest BCUT2D eigenvalue weighted by atomic mass is 9.92. The minimum atomic E-state index is 0.465. The van der Waals surface area contributed by atoms with Crippen molar-refractivity contribution in [1.29, 1.82) is 0 Å². The number of nitrogens with zero attached hydrogens (tertiary/aromatic N) is 1. The van der Waals surface area contributed by atoms with Crippen molar-refractivity contribution in [3.8, 4) is 0 Å². The van der Waals surface area contributed by atoms with Gasteiger partial charge >= 0.3 is 0 Å². The Morgan fingerprint density at radius 3 is 2.40 bits per heavy atom. The molecule has 1 aliphatic carbocycles. The van der Waals surface area contributed by atoms with E-state index < -0.39 is 0 Å². The first-order valence-corrected chi connectivity index (χ1v) is 6.77. The van der Waals surface area contributed by atoms with Crippen LogP contribution in [0.2, 0.25) is 0 Å². The fourth-order valence-corrected chi connectivity index (χ4v) is 2.84. The Morgan fingerprint density at radius 1 is 1.20 bits per heavy atom. The molecule has 1 saturated carbocycles. The van der Waals surface area contributed by atoms with Crippen LogP contribution < -0.4 is 5.73 Å². The third kappa shape index (κ3) is 3.46. The summed E-state index contributed by atoms with van der Waals surface area (Å²) < 4.78 is 0. The summed E-state index contributed by atoms with van der Waals surface area (Å²) in [5, 5.41) is 0. The minimum Gasteiger partial charge on any atom is -0.326 e. The van der Waals surface area contributed by atoms with Crippen molar-refractivity contribution in [2.75, 3.05) is 19.6 Å². The van der Waals surface area contributed by atoms with E-state index in [0.717, 1.165) is 18.4 Å². The van der Waals surface area contributed by atoms with Crippen molar-refractivity contribution in [2.24, 2.45) is 17.6 Å². The van der Waals surface area contributed by atoms with Gasteiger partial charge in [0.2, 0.25) is 0 Å². The molecule has 0 aromatic rings. The first kappa shape index (κ1) is 11.4. The van der Waals surface area contributed by atoms with Crippen LogP contribution in [0.3, 0.4) is 0 Å². The molecule has 0 bridgehead atoms. The molecule has 0 radical (unpaired) electrons. The highest BCUT2D eigenvalue weighted by molar-refractivity contribution is 4.87. The van der Waals surface area contributed by atoms with Crippen LogP contribution in [0.5, 0.6) is 0 Å². The lowest BCUT2D eigenvalue weighted by Crippen LogP contribution is -2.42. The van der Waals surface area contributed by atoms with Crippen LogP contribution in [0.25, 0.3) is 0 Å².